The molecule has 0 amide bonds. The van der Waals surface area contributed by atoms with E-state index in [0.717, 1.165) is 16.5 Å². The van der Waals surface area contributed by atoms with Crippen LogP contribution in [0.25, 0.3) is 10.1 Å². The molecule has 1 heterocycles. The van der Waals surface area contributed by atoms with Crippen LogP contribution in [0.1, 0.15) is 16.7 Å². The van der Waals surface area contributed by atoms with E-state index < -0.39 is 0 Å². The predicted molar refractivity (Wildman–Crippen MR) is 60.8 cm³/mol. The van der Waals surface area contributed by atoms with E-state index in [1.54, 1.807) is 11.3 Å². The molecule has 0 aliphatic carbocycles. The molecule has 0 aliphatic heterocycles. The zero-order valence-corrected chi connectivity index (χ0v) is 9.25. The van der Waals surface area contributed by atoms with Gasteiger partial charge in [0, 0.05) is 10.6 Å². The lowest BCUT2D eigenvalue weighted by atomic mass is 10.0. The van der Waals surface area contributed by atoms with Crippen molar-refractivity contribution >= 4 is 33.0 Å². The highest BCUT2D eigenvalue weighted by molar-refractivity contribution is 7.17. The Morgan fingerprint density at radius 1 is 1.57 bits per heavy atom. The third-order valence-corrected chi connectivity index (χ3v) is 3.68. The number of hydrogen-bond donors (Lipinski definition) is 0. The third-order valence-electron chi connectivity index (χ3n) is 2.37. The number of hydrogen-bond acceptors (Lipinski definition) is 2. The fraction of sp³-hybridized carbons (Fsp3) is 0.182. The number of fused-ring (bicyclic) bond motifs is 1. The molecule has 1 aromatic heterocycles. The van der Waals surface area contributed by atoms with E-state index in [0.29, 0.717) is 11.4 Å². The Bertz CT molecular complexity index is 522. The van der Waals surface area contributed by atoms with Gasteiger partial charge in [-0.3, -0.25) is 0 Å². The Kier molecular flexibility index (Phi) is 2.45. The van der Waals surface area contributed by atoms with Crippen LogP contribution >= 0.6 is 22.9 Å². The Balaban J connectivity index is 2.87. The van der Waals surface area contributed by atoms with Crippen molar-refractivity contribution in [2.75, 3.05) is 0 Å². The van der Waals surface area contributed by atoms with Crippen LogP contribution in [-0.4, -0.2) is 0 Å². The van der Waals surface area contributed by atoms with Crippen LogP contribution in [0.5, 0.6) is 0 Å². The average Bonchev–Trinajstić information content (AvgIpc) is 2.65. The summed E-state index contributed by atoms with van der Waals surface area (Å²) < 4.78 is 1.24. The molecule has 0 unspecified atom stereocenters. The SMILES string of the molecule is Cc1c(CCl)c(C#N)cc2ccsc12. The summed E-state index contributed by atoms with van der Waals surface area (Å²) in [6.07, 6.45) is 0. The molecule has 3 heteroatoms. The molecule has 0 fully saturated rings. The number of rotatable bonds is 1. The number of nitriles is 1. The van der Waals surface area contributed by atoms with Crippen molar-refractivity contribution in [3.8, 4) is 6.07 Å². The molecule has 0 aliphatic rings. The first-order valence-electron chi connectivity index (χ1n) is 4.23. The third kappa shape index (κ3) is 1.30. The lowest BCUT2D eigenvalue weighted by Crippen LogP contribution is -1.90. The first-order chi connectivity index (χ1) is 6.77. The van der Waals surface area contributed by atoms with Crippen LogP contribution in [0.3, 0.4) is 0 Å². The molecule has 1 aromatic carbocycles. The lowest BCUT2D eigenvalue weighted by molar-refractivity contribution is 1.30. The zero-order chi connectivity index (χ0) is 10.1. The Labute approximate surface area is 91.5 Å². The molecular formula is C11H8ClNS. The van der Waals surface area contributed by atoms with Gasteiger partial charge in [-0.25, -0.2) is 0 Å². The summed E-state index contributed by atoms with van der Waals surface area (Å²) in [6, 6.07) is 6.14. The normalized spacial score (nSPS) is 10.4. The van der Waals surface area contributed by atoms with Gasteiger partial charge < -0.3 is 0 Å². The molecule has 14 heavy (non-hydrogen) atoms. The summed E-state index contributed by atoms with van der Waals surface area (Å²) in [5, 5.41) is 12.1. The monoisotopic (exact) mass is 221 g/mol. The van der Waals surface area contributed by atoms with E-state index in [1.807, 2.05) is 24.4 Å². The molecule has 0 radical (unpaired) electrons. The topological polar surface area (TPSA) is 23.8 Å². The van der Waals surface area contributed by atoms with Gasteiger partial charge in [0.25, 0.3) is 0 Å². The molecule has 0 atom stereocenters. The fourth-order valence-corrected chi connectivity index (χ4v) is 2.85. The van der Waals surface area contributed by atoms with Crippen molar-refractivity contribution < 1.29 is 0 Å². The van der Waals surface area contributed by atoms with Gasteiger partial charge in [0.1, 0.15) is 0 Å². The molecular weight excluding hydrogens is 214 g/mol. The van der Waals surface area contributed by atoms with E-state index >= 15 is 0 Å². The molecule has 0 bridgehead atoms. The van der Waals surface area contributed by atoms with E-state index in [1.165, 1.54) is 4.70 Å². The number of benzene rings is 1. The minimum absolute atomic E-state index is 0.405. The Morgan fingerprint density at radius 2 is 2.36 bits per heavy atom. The molecule has 1 nitrogen and oxygen atoms in total. The highest BCUT2D eigenvalue weighted by atomic mass is 35.5. The number of aryl methyl sites for hydroxylation is 1. The second-order valence-corrected chi connectivity index (χ2v) is 4.30. The highest BCUT2D eigenvalue weighted by Crippen LogP contribution is 2.30. The predicted octanol–water partition coefficient (Wildman–Crippen LogP) is 3.82. The van der Waals surface area contributed by atoms with Crippen molar-refractivity contribution in [3.05, 3.63) is 34.2 Å². The first-order valence-corrected chi connectivity index (χ1v) is 5.65. The maximum absolute atomic E-state index is 8.97. The van der Waals surface area contributed by atoms with E-state index in [4.69, 9.17) is 16.9 Å². The smallest absolute Gasteiger partial charge is 0.0995 e. The van der Waals surface area contributed by atoms with Crippen LogP contribution in [-0.2, 0) is 5.88 Å². The van der Waals surface area contributed by atoms with Crippen LogP contribution in [0.15, 0.2) is 17.5 Å². The Hall–Kier alpha value is -1.04. The second-order valence-electron chi connectivity index (χ2n) is 3.11. The zero-order valence-electron chi connectivity index (χ0n) is 7.67. The second kappa shape index (κ2) is 3.61. The van der Waals surface area contributed by atoms with Gasteiger partial charge in [-0.2, -0.15) is 5.26 Å². The summed E-state index contributed by atoms with van der Waals surface area (Å²) in [6.45, 7) is 2.03. The van der Waals surface area contributed by atoms with Crippen molar-refractivity contribution in [1.29, 1.82) is 5.26 Å². The maximum Gasteiger partial charge on any atom is 0.0995 e. The minimum Gasteiger partial charge on any atom is -0.192 e. The standard InChI is InChI=1S/C11H8ClNS/c1-7-10(5-12)9(6-13)4-8-2-3-14-11(7)8/h2-4H,5H2,1H3. The summed E-state index contributed by atoms with van der Waals surface area (Å²) in [4.78, 5) is 0. The summed E-state index contributed by atoms with van der Waals surface area (Å²) in [5.41, 5.74) is 2.80. The van der Waals surface area contributed by atoms with Crippen molar-refractivity contribution in [2.45, 2.75) is 12.8 Å². The number of halogens is 1. The molecule has 0 N–H and O–H groups in total. The van der Waals surface area contributed by atoms with Crippen molar-refractivity contribution in [1.82, 2.24) is 0 Å². The van der Waals surface area contributed by atoms with Crippen LogP contribution < -0.4 is 0 Å². The molecule has 0 saturated heterocycles. The van der Waals surface area contributed by atoms with Gasteiger partial charge in [0.15, 0.2) is 0 Å². The summed E-state index contributed by atoms with van der Waals surface area (Å²) >= 11 is 7.53. The summed E-state index contributed by atoms with van der Waals surface area (Å²) in [7, 11) is 0. The van der Waals surface area contributed by atoms with Gasteiger partial charge in [0.05, 0.1) is 11.6 Å². The number of nitrogens with zero attached hydrogens (tertiary/aromatic N) is 1. The molecule has 0 spiro atoms. The van der Waals surface area contributed by atoms with Gasteiger partial charge in [0.2, 0.25) is 0 Å². The number of thiophene rings is 1. The molecule has 0 saturated carbocycles. The van der Waals surface area contributed by atoms with Gasteiger partial charge in [-0.15, -0.1) is 22.9 Å². The van der Waals surface area contributed by atoms with Crippen molar-refractivity contribution in [3.63, 3.8) is 0 Å². The van der Waals surface area contributed by atoms with Crippen LogP contribution in [0, 0.1) is 18.3 Å². The van der Waals surface area contributed by atoms with Crippen LogP contribution in [0.2, 0.25) is 0 Å². The van der Waals surface area contributed by atoms with E-state index in [9.17, 15) is 0 Å². The average molecular weight is 222 g/mol. The van der Waals surface area contributed by atoms with Gasteiger partial charge in [-0.1, -0.05) is 0 Å². The quantitative estimate of drug-likeness (QED) is 0.672. The van der Waals surface area contributed by atoms with Gasteiger partial charge >= 0.3 is 0 Å². The maximum atomic E-state index is 8.97. The molecule has 70 valence electrons. The minimum atomic E-state index is 0.405. The van der Waals surface area contributed by atoms with Crippen molar-refractivity contribution in [2.24, 2.45) is 0 Å². The highest BCUT2D eigenvalue weighted by Gasteiger charge is 2.09. The largest absolute Gasteiger partial charge is 0.192 e. The van der Waals surface area contributed by atoms with Crippen LogP contribution in [0.4, 0.5) is 0 Å². The summed E-state index contributed by atoms with van der Waals surface area (Å²) in [5.74, 6) is 0.405. The first kappa shape index (κ1) is 9.51. The van der Waals surface area contributed by atoms with E-state index in [2.05, 4.69) is 6.07 Å². The lowest BCUT2D eigenvalue weighted by Gasteiger charge is -2.05. The molecule has 2 rings (SSSR count). The number of alkyl halides is 1. The van der Waals surface area contributed by atoms with E-state index in [-0.39, 0.29) is 0 Å². The fourth-order valence-electron chi connectivity index (χ4n) is 1.59. The molecule has 2 aromatic rings. The Morgan fingerprint density at radius 3 is 3.00 bits per heavy atom. The van der Waals surface area contributed by atoms with Gasteiger partial charge in [-0.05, 0) is 40.9 Å².